The molecule has 1 saturated heterocycles. The van der Waals surface area contributed by atoms with E-state index in [4.69, 9.17) is 0 Å². The van der Waals surface area contributed by atoms with Gasteiger partial charge in [0.05, 0.1) is 6.54 Å². The topological polar surface area (TPSA) is 35.6 Å². The van der Waals surface area contributed by atoms with Gasteiger partial charge < -0.3 is 5.32 Å². The van der Waals surface area contributed by atoms with E-state index in [-0.39, 0.29) is 11.3 Å². The van der Waals surface area contributed by atoms with Gasteiger partial charge in [0.2, 0.25) is 5.91 Å². The minimum atomic E-state index is 0.247. The quantitative estimate of drug-likeness (QED) is 0.828. The molecule has 0 radical (unpaired) electrons. The molecule has 4 nitrogen and oxygen atoms in total. The zero-order valence-corrected chi connectivity index (χ0v) is 17.4. The van der Waals surface area contributed by atoms with Crippen LogP contribution in [0.2, 0.25) is 0 Å². The van der Waals surface area contributed by atoms with E-state index in [0.717, 1.165) is 38.6 Å². The standard InChI is InChI=1S/C22H41N3O/c1-22(2,3)19-11-7-8-12-20(19)23-21(26)17-24-13-15-25(16-14-24)18-9-5-4-6-10-18/h18-20H,4-17H2,1-3H3,(H,23,26)/t19-,20+/m1/s1. The van der Waals surface area contributed by atoms with Crippen molar-refractivity contribution in [2.75, 3.05) is 32.7 Å². The van der Waals surface area contributed by atoms with Crippen LogP contribution in [-0.2, 0) is 4.79 Å². The highest BCUT2D eigenvalue weighted by atomic mass is 16.2. The molecule has 0 aromatic carbocycles. The second kappa shape index (κ2) is 9.05. The molecule has 0 aromatic heterocycles. The molecule has 0 aromatic rings. The van der Waals surface area contributed by atoms with Gasteiger partial charge in [-0.05, 0) is 37.0 Å². The first-order chi connectivity index (χ1) is 12.4. The normalized spacial score (nSPS) is 30.3. The zero-order chi connectivity index (χ0) is 18.6. The summed E-state index contributed by atoms with van der Waals surface area (Å²) in [4.78, 5) is 17.7. The van der Waals surface area contributed by atoms with Gasteiger partial charge in [-0.2, -0.15) is 0 Å². The molecule has 2 aliphatic carbocycles. The molecule has 1 N–H and O–H groups in total. The summed E-state index contributed by atoms with van der Waals surface area (Å²) in [6.07, 6.45) is 12.0. The Bertz CT molecular complexity index is 445. The maximum Gasteiger partial charge on any atom is 0.234 e. The van der Waals surface area contributed by atoms with Crippen molar-refractivity contribution in [1.82, 2.24) is 15.1 Å². The van der Waals surface area contributed by atoms with Crippen molar-refractivity contribution in [3.8, 4) is 0 Å². The number of hydrogen-bond donors (Lipinski definition) is 1. The first kappa shape index (κ1) is 20.1. The SMILES string of the molecule is CC(C)(C)[C@@H]1CCCC[C@@H]1NC(=O)CN1CCN(C2CCCCC2)CC1. The van der Waals surface area contributed by atoms with Gasteiger partial charge in [0.25, 0.3) is 0 Å². The summed E-state index contributed by atoms with van der Waals surface area (Å²) in [5, 5.41) is 3.40. The van der Waals surface area contributed by atoms with E-state index < -0.39 is 0 Å². The highest BCUT2D eigenvalue weighted by Crippen LogP contribution is 2.38. The smallest absolute Gasteiger partial charge is 0.234 e. The number of carbonyl (C=O) groups excluding carboxylic acids is 1. The Kier molecular flexibility index (Phi) is 7.01. The molecule has 3 rings (SSSR count). The van der Waals surface area contributed by atoms with Crippen LogP contribution in [0.1, 0.15) is 78.6 Å². The average molecular weight is 364 g/mol. The predicted molar refractivity (Wildman–Crippen MR) is 108 cm³/mol. The lowest BCUT2D eigenvalue weighted by Gasteiger charge is -2.42. The highest BCUT2D eigenvalue weighted by molar-refractivity contribution is 5.78. The molecule has 26 heavy (non-hydrogen) atoms. The van der Waals surface area contributed by atoms with Gasteiger partial charge in [-0.1, -0.05) is 52.9 Å². The number of nitrogens with one attached hydrogen (secondary N) is 1. The number of nitrogens with zero attached hydrogens (tertiary/aromatic N) is 2. The van der Waals surface area contributed by atoms with Gasteiger partial charge >= 0.3 is 0 Å². The predicted octanol–water partition coefficient (Wildman–Crippen LogP) is 3.66. The zero-order valence-electron chi connectivity index (χ0n) is 17.4. The van der Waals surface area contributed by atoms with Crippen molar-refractivity contribution in [3.63, 3.8) is 0 Å². The Morgan fingerprint density at radius 2 is 1.50 bits per heavy atom. The summed E-state index contributed by atoms with van der Waals surface area (Å²) < 4.78 is 0. The molecule has 1 amide bonds. The Morgan fingerprint density at radius 1 is 0.885 bits per heavy atom. The first-order valence-electron chi connectivity index (χ1n) is 11.2. The molecule has 2 saturated carbocycles. The molecule has 0 spiro atoms. The third kappa shape index (κ3) is 5.45. The van der Waals surface area contributed by atoms with Gasteiger partial charge in [-0.15, -0.1) is 0 Å². The molecule has 4 heteroatoms. The Morgan fingerprint density at radius 3 is 2.15 bits per heavy atom. The van der Waals surface area contributed by atoms with Crippen LogP contribution in [0.5, 0.6) is 0 Å². The van der Waals surface area contributed by atoms with Crippen molar-refractivity contribution in [2.24, 2.45) is 11.3 Å². The van der Waals surface area contributed by atoms with Gasteiger partial charge in [0.1, 0.15) is 0 Å². The van der Waals surface area contributed by atoms with Gasteiger partial charge in [0.15, 0.2) is 0 Å². The van der Waals surface area contributed by atoms with E-state index in [1.807, 2.05) is 0 Å². The molecule has 1 heterocycles. The first-order valence-corrected chi connectivity index (χ1v) is 11.2. The van der Waals surface area contributed by atoms with Crippen LogP contribution in [0, 0.1) is 11.3 Å². The van der Waals surface area contributed by atoms with Crippen molar-refractivity contribution < 1.29 is 4.79 Å². The lowest BCUT2D eigenvalue weighted by atomic mass is 9.69. The van der Waals surface area contributed by atoms with Crippen molar-refractivity contribution in [3.05, 3.63) is 0 Å². The van der Waals surface area contributed by atoms with E-state index in [1.165, 1.54) is 51.4 Å². The fraction of sp³-hybridized carbons (Fsp3) is 0.955. The minimum absolute atomic E-state index is 0.247. The van der Waals surface area contributed by atoms with Gasteiger partial charge in [-0.3, -0.25) is 14.6 Å². The van der Waals surface area contributed by atoms with E-state index >= 15 is 0 Å². The highest BCUT2D eigenvalue weighted by Gasteiger charge is 2.35. The van der Waals surface area contributed by atoms with Crippen LogP contribution in [0.15, 0.2) is 0 Å². The van der Waals surface area contributed by atoms with Gasteiger partial charge in [-0.25, -0.2) is 0 Å². The Labute approximate surface area is 161 Å². The molecule has 3 fully saturated rings. The summed E-state index contributed by atoms with van der Waals surface area (Å²) in [5.74, 6) is 0.862. The van der Waals surface area contributed by atoms with Crippen LogP contribution in [0.4, 0.5) is 0 Å². The van der Waals surface area contributed by atoms with Crippen LogP contribution in [0.3, 0.4) is 0 Å². The number of piperazine rings is 1. The molecule has 3 aliphatic rings. The molecule has 0 unspecified atom stereocenters. The van der Waals surface area contributed by atoms with Crippen LogP contribution in [0.25, 0.3) is 0 Å². The summed E-state index contributed by atoms with van der Waals surface area (Å²) in [6.45, 7) is 12.0. The fourth-order valence-electron chi connectivity index (χ4n) is 5.53. The summed E-state index contributed by atoms with van der Waals surface area (Å²) in [5.41, 5.74) is 0.282. The Hall–Kier alpha value is -0.610. The number of amides is 1. The molecular weight excluding hydrogens is 322 g/mol. The molecule has 150 valence electrons. The van der Waals surface area contributed by atoms with Crippen LogP contribution < -0.4 is 5.32 Å². The molecule has 0 bridgehead atoms. The van der Waals surface area contributed by atoms with Crippen molar-refractivity contribution >= 4 is 5.91 Å². The largest absolute Gasteiger partial charge is 0.352 e. The van der Waals surface area contributed by atoms with Crippen LogP contribution >= 0.6 is 0 Å². The number of rotatable bonds is 4. The third-order valence-corrected chi connectivity index (χ3v) is 7.09. The maximum absolute atomic E-state index is 12.7. The van der Waals surface area contributed by atoms with E-state index in [0.29, 0.717) is 18.5 Å². The third-order valence-electron chi connectivity index (χ3n) is 7.09. The summed E-state index contributed by atoms with van der Waals surface area (Å²) in [7, 11) is 0. The van der Waals surface area contributed by atoms with E-state index in [9.17, 15) is 4.79 Å². The lowest BCUT2D eigenvalue weighted by Crippen LogP contribution is -2.54. The minimum Gasteiger partial charge on any atom is -0.352 e. The Balaban J connectivity index is 1.42. The lowest BCUT2D eigenvalue weighted by molar-refractivity contribution is -0.124. The fourth-order valence-corrected chi connectivity index (χ4v) is 5.53. The van der Waals surface area contributed by atoms with Crippen LogP contribution in [-0.4, -0.2) is 60.5 Å². The van der Waals surface area contributed by atoms with E-state index in [1.54, 1.807) is 0 Å². The summed E-state index contributed by atoms with van der Waals surface area (Å²) in [6, 6.07) is 1.19. The molecule has 1 aliphatic heterocycles. The second-order valence-electron chi connectivity index (χ2n) is 10.0. The molecular formula is C22H41N3O. The van der Waals surface area contributed by atoms with E-state index in [2.05, 4.69) is 35.9 Å². The van der Waals surface area contributed by atoms with Gasteiger partial charge in [0, 0.05) is 38.3 Å². The van der Waals surface area contributed by atoms with Crippen molar-refractivity contribution in [2.45, 2.75) is 90.6 Å². The second-order valence-corrected chi connectivity index (χ2v) is 10.0. The monoisotopic (exact) mass is 363 g/mol. The maximum atomic E-state index is 12.7. The number of hydrogen-bond acceptors (Lipinski definition) is 3. The number of carbonyl (C=O) groups is 1. The molecule has 2 atom stereocenters. The summed E-state index contributed by atoms with van der Waals surface area (Å²) >= 11 is 0. The average Bonchev–Trinajstić information content (AvgIpc) is 2.62. The van der Waals surface area contributed by atoms with Crippen molar-refractivity contribution in [1.29, 1.82) is 0 Å².